The van der Waals surface area contributed by atoms with E-state index in [2.05, 4.69) is 4.98 Å². The molecule has 5 heteroatoms. The number of ether oxygens (including phenoxy) is 1. The molecule has 84 valence electrons. The van der Waals surface area contributed by atoms with E-state index in [0.29, 0.717) is 6.42 Å². The van der Waals surface area contributed by atoms with Crippen molar-refractivity contribution in [2.45, 2.75) is 20.3 Å². The number of carbonyl (C=O) groups is 1. The van der Waals surface area contributed by atoms with Gasteiger partial charge >= 0.3 is 5.97 Å². The van der Waals surface area contributed by atoms with E-state index in [1.54, 1.807) is 17.5 Å². The smallest absolute Gasteiger partial charge is 0.313 e. The topological polar surface area (TPSA) is 65.2 Å². The van der Waals surface area contributed by atoms with Gasteiger partial charge < -0.3 is 10.5 Å². The predicted octanol–water partition coefficient (Wildman–Crippen LogP) is 1.13. The van der Waals surface area contributed by atoms with Gasteiger partial charge in [-0.25, -0.2) is 4.98 Å². The summed E-state index contributed by atoms with van der Waals surface area (Å²) in [5.41, 5.74) is 4.98. The number of aryl methyl sites for hydroxylation is 1. The first-order chi connectivity index (χ1) is 7.01. The van der Waals surface area contributed by atoms with Crippen LogP contribution >= 0.6 is 11.3 Å². The molecule has 0 amide bonds. The molecule has 0 saturated carbocycles. The molecule has 1 rings (SSSR count). The van der Waals surface area contributed by atoms with Crippen molar-refractivity contribution >= 4 is 17.3 Å². The Morgan fingerprint density at radius 3 is 2.80 bits per heavy atom. The van der Waals surface area contributed by atoms with Crippen LogP contribution in [0.25, 0.3) is 0 Å². The number of nitrogens with zero attached hydrogens (tertiary/aromatic N) is 1. The van der Waals surface area contributed by atoms with Crippen molar-refractivity contribution in [3.8, 4) is 0 Å². The normalized spacial score (nSPS) is 14.7. The number of esters is 1. The second kappa shape index (κ2) is 4.72. The van der Waals surface area contributed by atoms with Crippen LogP contribution in [0.1, 0.15) is 16.8 Å². The molecule has 0 aliphatic heterocycles. The van der Waals surface area contributed by atoms with Gasteiger partial charge in [0.25, 0.3) is 0 Å². The van der Waals surface area contributed by atoms with Crippen LogP contribution in [-0.2, 0) is 16.0 Å². The summed E-state index contributed by atoms with van der Waals surface area (Å²) in [6.07, 6.45) is 2.37. The third-order valence-corrected chi connectivity index (χ3v) is 3.28. The highest BCUT2D eigenvalue weighted by molar-refractivity contribution is 7.11. The zero-order chi connectivity index (χ0) is 11.5. The number of methoxy groups -OCH3 is 1. The number of hydrogen-bond acceptors (Lipinski definition) is 5. The third kappa shape index (κ3) is 2.76. The summed E-state index contributed by atoms with van der Waals surface area (Å²) in [5.74, 6) is -0.268. The van der Waals surface area contributed by atoms with Crippen molar-refractivity contribution in [2.24, 2.45) is 11.1 Å². The largest absolute Gasteiger partial charge is 0.469 e. The van der Waals surface area contributed by atoms with Crippen LogP contribution < -0.4 is 5.73 Å². The lowest BCUT2D eigenvalue weighted by atomic mass is 9.86. The Balaban J connectivity index is 2.80. The lowest BCUT2D eigenvalue weighted by molar-refractivity contribution is -0.151. The maximum Gasteiger partial charge on any atom is 0.313 e. The van der Waals surface area contributed by atoms with Crippen LogP contribution in [0.15, 0.2) is 6.20 Å². The van der Waals surface area contributed by atoms with Crippen molar-refractivity contribution in [2.75, 3.05) is 13.7 Å². The van der Waals surface area contributed by atoms with Crippen molar-refractivity contribution < 1.29 is 9.53 Å². The molecule has 1 aromatic heterocycles. The quantitative estimate of drug-likeness (QED) is 0.785. The van der Waals surface area contributed by atoms with Gasteiger partial charge in [-0.05, 0) is 13.8 Å². The summed E-state index contributed by atoms with van der Waals surface area (Å²) in [6, 6.07) is 0. The van der Waals surface area contributed by atoms with E-state index in [1.807, 2.05) is 13.8 Å². The van der Waals surface area contributed by atoms with Gasteiger partial charge in [0.15, 0.2) is 0 Å². The van der Waals surface area contributed by atoms with E-state index in [0.717, 1.165) is 9.88 Å². The zero-order valence-electron chi connectivity index (χ0n) is 9.24. The third-order valence-electron chi connectivity index (χ3n) is 2.36. The van der Waals surface area contributed by atoms with Gasteiger partial charge in [-0.3, -0.25) is 4.79 Å². The van der Waals surface area contributed by atoms with E-state index in [1.165, 1.54) is 7.11 Å². The summed E-state index contributed by atoms with van der Waals surface area (Å²) in [5, 5.41) is 0.995. The summed E-state index contributed by atoms with van der Waals surface area (Å²) >= 11 is 1.58. The monoisotopic (exact) mass is 228 g/mol. The SMILES string of the molecule is COC(=O)C(C)(CN)Cc1cnc(C)s1. The van der Waals surface area contributed by atoms with Crippen molar-refractivity contribution in [3.05, 3.63) is 16.1 Å². The number of thiazole rings is 1. The van der Waals surface area contributed by atoms with Crippen molar-refractivity contribution in [1.82, 2.24) is 4.98 Å². The maximum absolute atomic E-state index is 11.6. The first-order valence-electron chi connectivity index (χ1n) is 4.71. The lowest BCUT2D eigenvalue weighted by Gasteiger charge is -2.23. The summed E-state index contributed by atoms with van der Waals surface area (Å²) in [7, 11) is 1.38. The fourth-order valence-electron chi connectivity index (χ4n) is 1.35. The Morgan fingerprint density at radius 1 is 1.73 bits per heavy atom. The maximum atomic E-state index is 11.6. The highest BCUT2D eigenvalue weighted by atomic mass is 32.1. The predicted molar refractivity (Wildman–Crippen MR) is 59.7 cm³/mol. The minimum Gasteiger partial charge on any atom is -0.469 e. The minimum absolute atomic E-state index is 0.268. The average Bonchev–Trinajstić information content (AvgIpc) is 2.62. The molecule has 4 nitrogen and oxygen atoms in total. The number of aromatic nitrogens is 1. The molecule has 0 aliphatic rings. The summed E-state index contributed by atoms with van der Waals surface area (Å²) in [6.45, 7) is 4.02. The van der Waals surface area contributed by atoms with E-state index < -0.39 is 5.41 Å². The van der Waals surface area contributed by atoms with Crippen molar-refractivity contribution in [3.63, 3.8) is 0 Å². The summed E-state index contributed by atoms with van der Waals surface area (Å²) < 4.78 is 4.75. The Hall–Kier alpha value is -0.940. The molecule has 0 aromatic carbocycles. The first kappa shape index (κ1) is 12.1. The zero-order valence-corrected chi connectivity index (χ0v) is 10.1. The van der Waals surface area contributed by atoms with Gasteiger partial charge in [0.2, 0.25) is 0 Å². The van der Waals surface area contributed by atoms with E-state index in [4.69, 9.17) is 10.5 Å². The van der Waals surface area contributed by atoms with Gasteiger partial charge in [0.1, 0.15) is 0 Å². The minimum atomic E-state index is -0.645. The fraction of sp³-hybridized carbons (Fsp3) is 0.600. The molecular formula is C10H16N2O2S. The second-order valence-electron chi connectivity index (χ2n) is 3.78. The molecule has 1 heterocycles. The van der Waals surface area contributed by atoms with Crippen LogP contribution in [0.3, 0.4) is 0 Å². The van der Waals surface area contributed by atoms with Gasteiger partial charge in [-0.2, -0.15) is 0 Å². The fourth-order valence-corrected chi connectivity index (χ4v) is 2.33. The molecule has 0 bridgehead atoms. The Bertz CT molecular complexity index is 351. The van der Waals surface area contributed by atoms with E-state index in [9.17, 15) is 4.79 Å². The van der Waals surface area contributed by atoms with Crippen LogP contribution in [0.2, 0.25) is 0 Å². The van der Waals surface area contributed by atoms with E-state index in [-0.39, 0.29) is 12.5 Å². The van der Waals surface area contributed by atoms with Gasteiger partial charge in [0.05, 0.1) is 17.5 Å². The second-order valence-corrected chi connectivity index (χ2v) is 5.10. The molecule has 1 unspecified atom stereocenters. The molecule has 0 aliphatic carbocycles. The highest BCUT2D eigenvalue weighted by Gasteiger charge is 2.33. The molecular weight excluding hydrogens is 212 g/mol. The van der Waals surface area contributed by atoms with Gasteiger partial charge in [-0.15, -0.1) is 11.3 Å². The number of carbonyl (C=O) groups excluding carboxylic acids is 1. The molecule has 0 radical (unpaired) electrons. The molecule has 2 N–H and O–H groups in total. The Morgan fingerprint density at radius 2 is 2.40 bits per heavy atom. The van der Waals surface area contributed by atoms with E-state index >= 15 is 0 Å². The first-order valence-corrected chi connectivity index (χ1v) is 5.53. The molecule has 0 saturated heterocycles. The van der Waals surface area contributed by atoms with Crippen LogP contribution in [0, 0.1) is 12.3 Å². The number of nitrogens with two attached hydrogens (primary N) is 1. The lowest BCUT2D eigenvalue weighted by Crippen LogP contribution is -2.38. The molecule has 0 spiro atoms. The van der Waals surface area contributed by atoms with Crippen molar-refractivity contribution in [1.29, 1.82) is 0 Å². The summed E-state index contributed by atoms with van der Waals surface area (Å²) in [4.78, 5) is 16.8. The van der Waals surface area contributed by atoms with Gasteiger partial charge in [0, 0.05) is 24.0 Å². The Kier molecular flexibility index (Phi) is 3.82. The molecule has 1 atom stereocenters. The van der Waals surface area contributed by atoms with Crippen LogP contribution in [0.4, 0.5) is 0 Å². The molecule has 15 heavy (non-hydrogen) atoms. The standard InChI is InChI=1S/C10H16N2O2S/c1-7-12-5-8(15-7)4-10(2,6-11)9(13)14-3/h5H,4,6,11H2,1-3H3. The number of rotatable bonds is 4. The number of hydrogen-bond donors (Lipinski definition) is 1. The van der Waals surface area contributed by atoms with Crippen LogP contribution in [-0.4, -0.2) is 24.6 Å². The molecule has 0 fully saturated rings. The average molecular weight is 228 g/mol. The van der Waals surface area contributed by atoms with Gasteiger partial charge in [-0.1, -0.05) is 0 Å². The Labute approximate surface area is 93.5 Å². The van der Waals surface area contributed by atoms with Crippen LogP contribution in [0.5, 0.6) is 0 Å². The highest BCUT2D eigenvalue weighted by Crippen LogP contribution is 2.25. The molecule has 1 aromatic rings.